The summed E-state index contributed by atoms with van der Waals surface area (Å²) in [6.45, 7) is 4.42. The number of para-hydroxylation sites is 2. The zero-order valence-corrected chi connectivity index (χ0v) is 25.5. The number of anilines is 2. The normalized spacial score (nSPS) is 13.3. The van der Waals surface area contributed by atoms with Gasteiger partial charge in [0.05, 0.1) is 11.0 Å². The van der Waals surface area contributed by atoms with E-state index in [9.17, 15) is 0 Å². The van der Waals surface area contributed by atoms with Crippen LogP contribution in [0.5, 0.6) is 0 Å². The average Bonchev–Trinajstić information content (AvgIpc) is 3.62. The third-order valence-corrected chi connectivity index (χ3v) is 10.5. The molecule has 0 atom stereocenters. The first-order chi connectivity index (χ1) is 22.6. The third-order valence-electron chi connectivity index (χ3n) is 10.5. The number of furan rings is 1. The number of aryl methyl sites for hydroxylation is 2. The highest BCUT2D eigenvalue weighted by molar-refractivity contribution is 6.93. The predicted octanol–water partition coefficient (Wildman–Crippen LogP) is 9.69. The first-order valence-corrected chi connectivity index (χ1v) is 16.1. The Balaban J connectivity index is 1.39. The van der Waals surface area contributed by atoms with Crippen molar-refractivity contribution in [2.45, 2.75) is 13.8 Å². The van der Waals surface area contributed by atoms with Crippen molar-refractivity contribution >= 4 is 83.7 Å². The fourth-order valence-corrected chi connectivity index (χ4v) is 8.53. The molecule has 0 unspecified atom stereocenters. The van der Waals surface area contributed by atoms with Crippen LogP contribution in [0.2, 0.25) is 0 Å². The van der Waals surface area contributed by atoms with E-state index < -0.39 is 0 Å². The second kappa shape index (κ2) is 8.50. The second-order valence-corrected chi connectivity index (χ2v) is 13.1. The molecule has 214 valence electrons. The molecule has 2 aliphatic heterocycles. The summed E-state index contributed by atoms with van der Waals surface area (Å²) in [5.41, 5.74) is 15.8. The number of fused-ring (bicyclic) bond motifs is 12. The molecule has 2 aromatic heterocycles. The molecule has 46 heavy (non-hydrogen) atoms. The van der Waals surface area contributed by atoms with E-state index in [4.69, 9.17) is 4.42 Å². The minimum atomic E-state index is -0.0328. The third kappa shape index (κ3) is 2.99. The lowest BCUT2D eigenvalue weighted by Gasteiger charge is -2.42. The van der Waals surface area contributed by atoms with E-state index in [1.807, 2.05) is 0 Å². The number of hydrogen-bond donors (Lipinski definition) is 0. The molecule has 0 radical (unpaired) electrons. The Morgan fingerprint density at radius 3 is 2.22 bits per heavy atom. The van der Waals surface area contributed by atoms with Crippen LogP contribution in [0.25, 0.3) is 71.3 Å². The van der Waals surface area contributed by atoms with E-state index >= 15 is 0 Å². The van der Waals surface area contributed by atoms with Crippen LogP contribution in [0.15, 0.2) is 132 Å². The van der Waals surface area contributed by atoms with Gasteiger partial charge in [0.15, 0.2) is 0 Å². The van der Waals surface area contributed by atoms with E-state index in [2.05, 4.69) is 151 Å². The monoisotopic (exact) mass is 586 g/mol. The first-order valence-electron chi connectivity index (χ1n) is 16.1. The van der Waals surface area contributed by atoms with E-state index in [1.54, 1.807) is 0 Å². The molecule has 0 spiro atoms. The molecule has 0 saturated carbocycles. The molecule has 4 heterocycles. The quantitative estimate of drug-likeness (QED) is 0.179. The van der Waals surface area contributed by atoms with Gasteiger partial charge in [-0.2, -0.15) is 0 Å². The maximum atomic E-state index is 6.56. The Bertz CT molecular complexity index is 2790. The van der Waals surface area contributed by atoms with Gasteiger partial charge in [-0.25, -0.2) is 0 Å². The molecule has 0 aliphatic carbocycles. The van der Waals surface area contributed by atoms with Crippen LogP contribution >= 0.6 is 0 Å². The average molecular weight is 587 g/mol. The zero-order chi connectivity index (χ0) is 30.3. The summed E-state index contributed by atoms with van der Waals surface area (Å²) in [7, 11) is 0. The van der Waals surface area contributed by atoms with Crippen molar-refractivity contribution in [1.29, 1.82) is 0 Å². The fraction of sp³-hybridized carbons (Fsp3) is 0.0476. The molecule has 0 bridgehead atoms. The molecular weight excluding hydrogens is 559 g/mol. The maximum absolute atomic E-state index is 6.56. The lowest BCUT2D eigenvalue weighted by molar-refractivity contribution is 0.669. The van der Waals surface area contributed by atoms with Gasteiger partial charge >= 0.3 is 6.85 Å². The molecule has 0 saturated heterocycles. The molecular formula is C42H27BN2O. The molecule has 9 aromatic rings. The second-order valence-electron chi connectivity index (χ2n) is 13.1. The molecule has 3 nitrogen and oxygen atoms in total. The predicted molar refractivity (Wildman–Crippen MR) is 194 cm³/mol. The number of nitrogens with zero attached hydrogens (tertiary/aromatic N) is 2. The maximum Gasteiger partial charge on any atom is 0.333 e. The van der Waals surface area contributed by atoms with E-state index in [-0.39, 0.29) is 6.85 Å². The highest BCUT2D eigenvalue weighted by Crippen LogP contribution is 2.47. The van der Waals surface area contributed by atoms with Crippen molar-refractivity contribution in [1.82, 2.24) is 4.57 Å². The summed E-state index contributed by atoms with van der Waals surface area (Å²) < 4.78 is 9.13. The van der Waals surface area contributed by atoms with Crippen LogP contribution in [0, 0.1) is 13.8 Å². The van der Waals surface area contributed by atoms with Crippen molar-refractivity contribution < 1.29 is 4.42 Å². The van der Waals surface area contributed by atoms with Crippen LogP contribution in [0.3, 0.4) is 0 Å². The van der Waals surface area contributed by atoms with E-state index in [0.29, 0.717) is 0 Å². The van der Waals surface area contributed by atoms with Crippen LogP contribution in [0.4, 0.5) is 11.4 Å². The summed E-state index contributed by atoms with van der Waals surface area (Å²) in [5, 5.41) is 7.47. The van der Waals surface area contributed by atoms with Gasteiger partial charge in [0, 0.05) is 44.2 Å². The Morgan fingerprint density at radius 1 is 0.587 bits per heavy atom. The molecule has 0 fully saturated rings. The van der Waals surface area contributed by atoms with Gasteiger partial charge in [0.2, 0.25) is 0 Å². The Labute approximate surface area is 266 Å². The topological polar surface area (TPSA) is 21.3 Å². The van der Waals surface area contributed by atoms with Crippen molar-refractivity contribution in [2.75, 3.05) is 4.81 Å². The highest BCUT2D eigenvalue weighted by atomic mass is 16.3. The standard InChI is InChI=1S/C42H27BN2O/c1-24-15-17-28(18-16-24)45-35-13-7-5-11-29(35)32-19-25(2)40-33-20-26-9-3-4-10-27(26)21-36(33)44-37-22-31-30-12-6-8-14-38(30)46-39(31)23-34(37)43(45)41(32)42(40)44/h3-23H,1-2H3. The van der Waals surface area contributed by atoms with Crippen molar-refractivity contribution in [3.05, 3.63) is 139 Å². The molecule has 0 amide bonds. The van der Waals surface area contributed by atoms with Crippen LogP contribution < -0.4 is 15.7 Å². The lowest BCUT2D eigenvalue weighted by Crippen LogP contribution is -2.60. The van der Waals surface area contributed by atoms with Crippen LogP contribution in [0.1, 0.15) is 11.1 Å². The van der Waals surface area contributed by atoms with Gasteiger partial charge < -0.3 is 13.8 Å². The van der Waals surface area contributed by atoms with Crippen molar-refractivity contribution in [3.8, 4) is 16.8 Å². The van der Waals surface area contributed by atoms with Gasteiger partial charge in [0.1, 0.15) is 11.2 Å². The van der Waals surface area contributed by atoms with Crippen LogP contribution in [-0.4, -0.2) is 11.4 Å². The SMILES string of the molecule is Cc1ccc(N2B3c4cc5oc6ccccc6c5cc4-n4c5cc6ccccc6cc5c5c(C)cc(c3c54)-c3ccccc32)cc1. The van der Waals surface area contributed by atoms with Crippen LogP contribution in [-0.2, 0) is 0 Å². The summed E-state index contributed by atoms with van der Waals surface area (Å²) in [4.78, 5) is 2.57. The van der Waals surface area contributed by atoms with Crippen molar-refractivity contribution in [2.24, 2.45) is 0 Å². The molecule has 11 rings (SSSR count). The van der Waals surface area contributed by atoms with Gasteiger partial charge in [-0.05, 0) is 95.2 Å². The molecule has 0 N–H and O–H groups in total. The minimum absolute atomic E-state index is 0.0328. The van der Waals surface area contributed by atoms with Gasteiger partial charge in [0.25, 0.3) is 0 Å². The summed E-state index contributed by atoms with van der Waals surface area (Å²) in [5.74, 6) is 0. The number of hydrogen-bond acceptors (Lipinski definition) is 2. The number of benzene rings is 7. The highest BCUT2D eigenvalue weighted by Gasteiger charge is 2.44. The molecule has 7 aromatic carbocycles. The summed E-state index contributed by atoms with van der Waals surface area (Å²) >= 11 is 0. The molecule has 2 aliphatic rings. The lowest BCUT2D eigenvalue weighted by atomic mass is 9.44. The van der Waals surface area contributed by atoms with Gasteiger partial charge in [-0.1, -0.05) is 84.4 Å². The number of aromatic nitrogens is 1. The summed E-state index contributed by atoms with van der Waals surface area (Å²) in [6, 6.07) is 47.1. The van der Waals surface area contributed by atoms with E-state index in [0.717, 1.165) is 21.9 Å². The first kappa shape index (κ1) is 24.6. The fourth-order valence-electron chi connectivity index (χ4n) is 8.53. The zero-order valence-electron chi connectivity index (χ0n) is 25.5. The molecule has 4 heteroatoms. The number of rotatable bonds is 1. The van der Waals surface area contributed by atoms with E-state index in [1.165, 1.54) is 82.8 Å². The Morgan fingerprint density at radius 2 is 1.35 bits per heavy atom. The smallest absolute Gasteiger partial charge is 0.333 e. The summed E-state index contributed by atoms with van der Waals surface area (Å²) in [6.07, 6.45) is 0. The minimum Gasteiger partial charge on any atom is -0.456 e. The van der Waals surface area contributed by atoms with Crippen molar-refractivity contribution in [3.63, 3.8) is 0 Å². The van der Waals surface area contributed by atoms with Gasteiger partial charge in [-0.15, -0.1) is 0 Å². The van der Waals surface area contributed by atoms with Gasteiger partial charge in [-0.3, -0.25) is 0 Å². The Kier molecular flexibility index (Phi) is 4.54. The Hall–Kier alpha value is -5.74. The largest absolute Gasteiger partial charge is 0.456 e.